The molecule has 0 unspecified atom stereocenters. The maximum Gasteiger partial charge on any atom is 0.338 e. The highest BCUT2D eigenvalue weighted by Crippen LogP contribution is 2.28. The Morgan fingerprint density at radius 1 is 1.45 bits per heavy atom. The Labute approximate surface area is 136 Å². The van der Waals surface area contributed by atoms with Crippen molar-refractivity contribution in [3.63, 3.8) is 0 Å². The van der Waals surface area contributed by atoms with Gasteiger partial charge in [-0.15, -0.1) is 0 Å². The van der Waals surface area contributed by atoms with E-state index in [0.29, 0.717) is 6.61 Å². The van der Waals surface area contributed by atoms with E-state index in [9.17, 15) is 10.1 Å². The number of ether oxygens (including phenoxy) is 1. The molecule has 6 nitrogen and oxygen atoms in total. The number of benzene rings is 1. The van der Waals surface area contributed by atoms with E-state index in [4.69, 9.17) is 9.26 Å². The SMILES string of the molecule is CCCOc1ccc(/C=C/c2onc(C)c2[N+](=O)[O-])cc1Br. The fourth-order valence-electron chi connectivity index (χ4n) is 1.84. The van der Waals surface area contributed by atoms with E-state index in [1.54, 1.807) is 6.08 Å². The van der Waals surface area contributed by atoms with Crippen LogP contribution in [-0.4, -0.2) is 16.7 Å². The summed E-state index contributed by atoms with van der Waals surface area (Å²) in [4.78, 5) is 10.5. The smallest absolute Gasteiger partial charge is 0.338 e. The highest BCUT2D eigenvalue weighted by atomic mass is 79.9. The lowest BCUT2D eigenvalue weighted by atomic mass is 10.2. The van der Waals surface area contributed by atoms with Crippen LogP contribution in [0.1, 0.15) is 30.4 Å². The van der Waals surface area contributed by atoms with Gasteiger partial charge in [0.1, 0.15) is 5.75 Å². The molecule has 0 radical (unpaired) electrons. The molecule has 1 aromatic heterocycles. The van der Waals surface area contributed by atoms with Crippen LogP contribution in [-0.2, 0) is 0 Å². The van der Waals surface area contributed by atoms with E-state index in [0.717, 1.165) is 22.2 Å². The molecule has 0 aliphatic heterocycles. The maximum absolute atomic E-state index is 11.0. The molecule has 0 fully saturated rings. The molecular formula is C15H15BrN2O4. The number of rotatable bonds is 6. The first-order valence-electron chi connectivity index (χ1n) is 6.74. The molecular weight excluding hydrogens is 352 g/mol. The minimum absolute atomic E-state index is 0.113. The molecule has 0 bridgehead atoms. The third kappa shape index (κ3) is 3.73. The molecule has 1 aromatic carbocycles. The van der Waals surface area contributed by atoms with Crippen LogP contribution in [0.5, 0.6) is 5.75 Å². The third-order valence-corrected chi connectivity index (χ3v) is 3.50. The van der Waals surface area contributed by atoms with Gasteiger partial charge in [-0.3, -0.25) is 10.1 Å². The van der Waals surface area contributed by atoms with Gasteiger partial charge in [-0.2, -0.15) is 0 Å². The summed E-state index contributed by atoms with van der Waals surface area (Å²) in [5.41, 5.74) is 1.01. The summed E-state index contributed by atoms with van der Waals surface area (Å²) in [6, 6.07) is 5.58. The zero-order valence-corrected chi connectivity index (χ0v) is 13.8. The average Bonchev–Trinajstić information content (AvgIpc) is 2.85. The number of halogens is 1. The molecule has 2 rings (SSSR count). The van der Waals surface area contributed by atoms with Crippen molar-refractivity contribution >= 4 is 33.8 Å². The van der Waals surface area contributed by atoms with Gasteiger partial charge in [-0.1, -0.05) is 24.2 Å². The molecule has 0 amide bonds. The minimum Gasteiger partial charge on any atom is -0.492 e. The molecule has 22 heavy (non-hydrogen) atoms. The molecule has 0 spiro atoms. The van der Waals surface area contributed by atoms with Gasteiger partial charge in [0.2, 0.25) is 5.76 Å². The zero-order chi connectivity index (χ0) is 16.1. The average molecular weight is 367 g/mol. The van der Waals surface area contributed by atoms with Crippen molar-refractivity contribution in [1.29, 1.82) is 0 Å². The second-order valence-electron chi connectivity index (χ2n) is 4.61. The summed E-state index contributed by atoms with van der Waals surface area (Å²) < 4.78 is 11.4. The van der Waals surface area contributed by atoms with Gasteiger partial charge in [0.15, 0.2) is 5.69 Å². The normalized spacial score (nSPS) is 11.0. The summed E-state index contributed by atoms with van der Waals surface area (Å²) in [6.07, 6.45) is 4.19. The largest absolute Gasteiger partial charge is 0.492 e. The van der Waals surface area contributed by atoms with E-state index in [2.05, 4.69) is 21.1 Å². The van der Waals surface area contributed by atoms with Crippen molar-refractivity contribution < 1.29 is 14.2 Å². The maximum atomic E-state index is 11.0. The Hall–Kier alpha value is -2.15. The Morgan fingerprint density at radius 3 is 2.86 bits per heavy atom. The van der Waals surface area contributed by atoms with Crippen LogP contribution in [0.15, 0.2) is 27.2 Å². The quantitative estimate of drug-likeness (QED) is 0.550. The standard InChI is InChI=1S/C15H15BrN2O4/c1-3-8-21-13-6-4-11(9-12(13)16)5-7-14-15(18(19)20)10(2)17-22-14/h4-7,9H,3,8H2,1-2H3/b7-5+. The Balaban J connectivity index is 2.20. The van der Waals surface area contributed by atoms with Crippen LogP contribution in [0.25, 0.3) is 12.2 Å². The first kappa shape index (κ1) is 16.2. The summed E-state index contributed by atoms with van der Waals surface area (Å²) in [5, 5.41) is 14.6. The number of nitrogens with zero attached hydrogens (tertiary/aromatic N) is 2. The van der Waals surface area contributed by atoms with Crippen LogP contribution in [0.3, 0.4) is 0 Å². The van der Waals surface area contributed by atoms with E-state index in [1.807, 2.05) is 25.1 Å². The first-order valence-corrected chi connectivity index (χ1v) is 7.53. The second kappa shape index (κ2) is 7.22. The fraction of sp³-hybridized carbons (Fsp3) is 0.267. The predicted molar refractivity (Wildman–Crippen MR) is 86.8 cm³/mol. The van der Waals surface area contributed by atoms with Crippen LogP contribution < -0.4 is 4.74 Å². The van der Waals surface area contributed by atoms with Crippen molar-refractivity contribution in [3.8, 4) is 5.75 Å². The van der Waals surface area contributed by atoms with Crippen molar-refractivity contribution in [3.05, 3.63) is 49.8 Å². The van der Waals surface area contributed by atoms with Gasteiger partial charge in [-0.05, 0) is 53.0 Å². The van der Waals surface area contributed by atoms with Gasteiger partial charge in [0.05, 0.1) is 16.0 Å². The van der Waals surface area contributed by atoms with Gasteiger partial charge in [0.25, 0.3) is 0 Å². The number of hydrogen-bond donors (Lipinski definition) is 0. The molecule has 0 aliphatic carbocycles. The first-order chi connectivity index (χ1) is 10.5. The number of hydrogen-bond acceptors (Lipinski definition) is 5. The predicted octanol–water partition coefficient (Wildman–Crippen LogP) is 4.61. The van der Waals surface area contributed by atoms with Gasteiger partial charge >= 0.3 is 5.69 Å². The number of nitro groups is 1. The Morgan fingerprint density at radius 2 is 2.23 bits per heavy atom. The lowest BCUT2D eigenvalue weighted by molar-refractivity contribution is -0.386. The van der Waals surface area contributed by atoms with Gasteiger partial charge < -0.3 is 9.26 Å². The topological polar surface area (TPSA) is 78.4 Å². The van der Waals surface area contributed by atoms with E-state index in [1.165, 1.54) is 13.0 Å². The number of aryl methyl sites for hydroxylation is 1. The summed E-state index contributed by atoms with van der Waals surface area (Å²) in [6.45, 7) is 4.23. The molecule has 116 valence electrons. The summed E-state index contributed by atoms with van der Waals surface area (Å²) in [5.74, 6) is 0.894. The highest BCUT2D eigenvalue weighted by Gasteiger charge is 2.21. The second-order valence-corrected chi connectivity index (χ2v) is 5.46. The summed E-state index contributed by atoms with van der Waals surface area (Å²) >= 11 is 3.44. The summed E-state index contributed by atoms with van der Waals surface area (Å²) in [7, 11) is 0. The molecule has 1 heterocycles. The van der Waals surface area contributed by atoms with Crippen LogP contribution in [0.4, 0.5) is 5.69 Å². The Bertz CT molecular complexity index is 710. The van der Waals surface area contributed by atoms with E-state index >= 15 is 0 Å². The zero-order valence-electron chi connectivity index (χ0n) is 12.2. The molecule has 0 atom stereocenters. The van der Waals surface area contributed by atoms with Gasteiger partial charge in [-0.25, -0.2) is 0 Å². The third-order valence-electron chi connectivity index (χ3n) is 2.88. The molecule has 2 aromatic rings. The number of aromatic nitrogens is 1. The fourth-order valence-corrected chi connectivity index (χ4v) is 2.35. The minimum atomic E-state index is -0.497. The van der Waals surface area contributed by atoms with E-state index in [-0.39, 0.29) is 17.1 Å². The molecule has 0 saturated carbocycles. The molecule has 7 heteroatoms. The van der Waals surface area contributed by atoms with Crippen molar-refractivity contribution in [2.75, 3.05) is 6.61 Å². The molecule has 0 saturated heterocycles. The lowest BCUT2D eigenvalue weighted by Gasteiger charge is -2.07. The molecule has 0 N–H and O–H groups in total. The monoisotopic (exact) mass is 366 g/mol. The van der Waals surface area contributed by atoms with Crippen molar-refractivity contribution in [2.24, 2.45) is 0 Å². The van der Waals surface area contributed by atoms with Crippen LogP contribution in [0, 0.1) is 17.0 Å². The van der Waals surface area contributed by atoms with Crippen molar-refractivity contribution in [1.82, 2.24) is 5.16 Å². The highest BCUT2D eigenvalue weighted by molar-refractivity contribution is 9.10. The van der Waals surface area contributed by atoms with Gasteiger partial charge in [0, 0.05) is 0 Å². The van der Waals surface area contributed by atoms with Crippen molar-refractivity contribution in [2.45, 2.75) is 20.3 Å². The molecule has 0 aliphatic rings. The van der Waals surface area contributed by atoms with E-state index < -0.39 is 4.92 Å². The van der Waals surface area contributed by atoms with Crippen LogP contribution in [0.2, 0.25) is 0 Å². The Kier molecular flexibility index (Phi) is 5.32. The van der Waals surface area contributed by atoms with Crippen LogP contribution >= 0.6 is 15.9 Å². The lowest BCUT2D eigenvalue weighted by Crippen LogP contribution is -1.95.